The number of carbonyl (C=O) groups excluding carboxylic acids is 2. The van der Waals surface area contributed by atoms with Gasteiger partial charge in [-0.25, -0.2) is 9.18 Å². The first-order chi connectivity index (χ1) is 14.8. The van der Waals surface area contributed by atoms with Crippen LogP contribution in [-0.2, 0) is 16.1 Å². The molecule has 3 aromatic rings. The molecule has 7 nitrogen and oxygen atoms in total. The molecule has 0 bridgehead atoms. The number of amides is 1. The van der Waals surface area contributed by atoms with Crippen molar-refractivity contribution in [3.63, 3.8) is 0 Å². The highest BCUT2D eigenvalue weighted by molar-refractivity contribution is 5.96. The van der Waals surface area contributed by atoms with Crippen molar-refractivity contribution in [3.05, 3.63) is 75.6 Å². The molecule has 31 heavy (non-hydrogen) atoms. The van der Waals surface area contributed by atoms with E-state index in [4.69, 9.17) is 9.47 Å². The normalized spacial score (nSPS) is 10.7. The van der Waals surface area contributed by atoms with Crippen LogP contribution >= 0.6 is 0 Å². The number of benzene rings is 2. The van der Waals surface area contributed by atoms with Crippen molar-refractivity contribution >= 4 is 22.8 Å². The lowest BCUT2D eigenvalue weighted by Gasteiger charge is -2.24. The van der Waals surface area contributed by atoms with E-state index in [9.17, 15) is 23.2 Å². The van der Waals surface area contributed by atoms with Crippen LogP contribution in [0.2, 0.25) is 0 Å². The second-order valence-corrected chi connectivity index (χ2v) is 6.65. The lowest BCUT2D eigenvalue weighted by atomic mass is 10.1. The summed E-state index contributed by atoms with van der Waals surface area (Å²) in [5.41, 5.74) is -0.811. The summed E-state index contributed by atoms with van der Waals surface area (Å²) in [7, 11) is 1.35. The molecule has 0 unspecified atom stereocenters. The molecule has 0 radical (unpaired) electrons. The minimum Gasteiger partial charge on any atom is -0.483 e. The Morgan fingerprint density at radius 3 is 2.45 bits per heavy atom. The van der Waals surface area contributed by atoms with Gasteiger partial charge in [0.15, 0.2) is 11.6 Å². The zero-order chi connectivity index (χ0) is 22.7. The Hall–Kier alpha value is -3.75. The third-order valence-electron chi connectivity index (χ3n) is 4.62. The molecular formula is C22H20F2N2O5. The molecule has 1 amide bonds. The van der Waals surface area contributed by atoms with Gasteiger partial charge in [0.1, 0.15) is 17.7 Å². The van der Waals surface area contributed by atoms with Crippen LogP contribution in [0.3, 0.4) is 0 Å². The van der Waals surface area contributed by atoms with Crippen LogP contribution in [-0.4, -0.2) is 30.2 Å². The highest BCUT2D eigenvalue weighted by atomic mass is 19.2. The Morgan fingerprint density at radius 1 is 1.16 bits per heavy atom. The van der Waals surface area contributed by atoms with Gasteiger partial charge >= 0.3 is 5.97 Å². The van der Waals surface area contributed by atoms with Gasteiger partial charge in [0.2, 0.25) is 17.2 Å². The molecule has 3 rings (SSSR count). The fourth-order valence-electron chi connectivity index (χ4n) is 2.99. The number of aromatic nitrogens is 1. The Morgan fingerprint density at radius 2 is 1.84 bits per heavy atom. The molecule has 0 aliphatic carbocycles. The largest absolute Gasteiger partial charge is 0.483 e. The van der Waals surface area contributed by atoms with Crippen molar-refractivity contribution in [2.75, 3.05) is 18.7 Å². The summed E-state index contributed by atoms with van der Waals surface area (Å²) in [6, 6.07) is 9.43. The van der Waals surface area contributed by atoms with Gasteiger partial charge < -0.3 is 9.47 Å². The first-order valence-electron chi connectivity index (χ1n) is 9.42. The Balaban J connectivity index is 2.31. The molecule has 1 heterocycles. The minimum atomic E-state index is -1.33. The van der Waals surface area contributed by atoms with Crippen molar-refractivity contribution in [3.8, 4) is 5.75 Å². The second kappa shape index (κ2) is 8.95. The highest BCUT2D eigenvalue weighted by Crippen LogP contribution is 2.31. The summed E-state index contributed by atoms with van der Waals surface area (Å²) in [4.78, 5) is 37.2. The third-order valence-corrected chi connectivity index (χ3v) is 4.62. The lowest BCUT2D eigenvalue weighted by Crippen LogP contribution is -2.37. The molecule has 162 valence electrons. The van der Waals surface area contributed by atoms with E-state index in [1.54, 1.807) is 37.3 Å². The Kier molecular flexibility index (Phi) is 6.33. The van der Waals surface area contributed by atoms with E-state index in [2.05, 4.69) is 0 Å². The molecule has 1 aromatic heterocycles. The quantitative estimate of drug-likeness (QED) is 0.562. The van der Waals surface area contributed by atoms with E-state index in [1.165, 1.54) is 14.0 Å². The summed E-state index contributed by atoms with van der Waals surface area (Å²) in [5.74, 6) is -4.64. The predicted octanol–water partition coefficient (Wildman–Crippen LogP) is 3.15. The molecule has 0 N–H and O–H groups in total. The molecule has 0 saturated carbocycles. The number of esters is 1. The van der Waals surface area contributed by atoms with Gasteiger partial charge in [0.25, 0.3) is 0 Å². The molecular weight excluding hydrogens is 410 g/mol. The van der Waals surface area contributed by atoms with Crippen LogP contribution in [0.4, 0.5) is 8.78 Å². The average molecular weight is 430 g/mol. The fraction of sp³-hybridized carbons (Fsp3) is 0.227. The molecule has 0 atom stereocenters. The van der Waals surface area contributed by atoms with Crippen LogP contribution in [0, 0.1) is 11.6 Å². The zero-order valence-electron chi connectivity index (χ0n) is 17.1. The maximum Gasteiger partial charge on any atom is 0.343 e. The fourth-order valence-corrected chi connectivity index (χ4v) is 2.99. The predicted molar refractivity (Wildman–Crippen MR) is 110 cm³/mol. The van der Waals surface area contributed by atoms with Gasteiger partial charge in [-0.3, -0.25) is 19.3 Å². The van der Waals surface area contributed by atoms with E-state index >= 15 is 0 Å². The van der Waals surface area contributed by atoms with Crippen LogP contribution in [0.5, 0.6) is 5.75 Å². The number of hydrogen-bond donors (Lipinski definition) is 0. The van der Waals surface area contributed by atoms with E-state index in [-0.39, 0.29) is 24.1 Å². The molecule has 0 spiro atoms. The summed E-state index contributed by atoms with van der Waals surface area (Å²) in [6.45, 7) is 2.68. The minimum absolute atomic E-state index is 0.00206. The van der Waals surface area contributed by atoms with Crippen molar-refractivity contribution in [1.29, 1.82) is 0 Å². The van der Waals surface area contributed by atoms with Gasteiger partial charge in [0.05, 0.1) is 12.0 Å². The topological polar surface area (TPSA) is 77.8 Å². The number of ether oxygens (including phenoxy) is 2. The van der Waals surface area contributed by atoms with E-state index < -0.39 is 40.3 Å². The number of hydrogen-bond acceptors (Lipinski definition) is 5. The molecule has 0 fully saturated rings. The van der Waals surface area contributed by atoms with Crippen molar-refractivity contribution in [1.82, 2.24) is 4.68 Å². The van der Waals surface area contributed by atoms with Crippen LogP contribution < -0.4 is 15.2 Å². The maximum absolute atomic E-state index is 14.8. The first kappa shape index (κ1) is 21.9. The van der Waals surface area contributed by atoms with E-state index in [0.717, 1.165) is 15.9 Å². The average Bonchev–Trinajstić information content (AvgIpc) is 2.75. The number of halogens is 2. The molecule has 2 aromatic carbocycles. The Labute approximate surface area is 176 Å². The summed E-state index contributed by atoms with van der Waals surface area (Å²) < 4.78 is 40.7. The van der Waals surface area contributed by atoms with Crippen LogP contribution in [0.1, 0.15) is 29.8 Å². The van der Waals surface area contributed by atoms with Crippen LogP contribution in [0.15, 0.2) is 47.4 Å². The molecule has 9 heteroatoms. The number of rotatable bonds is 6. The van der Waals surface area contributed by atoms with E-state index in [1.807, 2.05) is 0 Å². The van der Waals surface area contributed by atoms with Gasteiger partial charge in [-0.2, -0.15) is 4.39 Å². The maximum atomic E-state index is 14.8. The zero-order valence-corrected chi connectivity index (χ0v) is 17.1. The van der Waals surface area contributed by atoms with Crippen molar-refractivity contribution in [2.24, 2.45) is 0 Å². The standard InChI is InChI=1S/C22H20F2N2O5/c1-4-30-22(29)16-11-26(25(3)13(2)27)19-15(20(16)28)10-17(23)18(24)21(19)31-12-14-8-6-5-7-9-14/h5-11H,4,12H2,1-3H3. The first-order valence-corrected chi connectivity index (χ1v) is 9.42. The van der Waals surface area contributed by atoms with Crippen molar-refractivity contribution in [2.45, 2.75) is 20.5 Å². The number of fused-ring (bicyclic) bond motifs is 1. The van der Waals surface area contributed by atoms with Gasteiger partial charge in [0, 0.05) is 20.2 Å². The number of nitrogens with zero attached hydrogens (tertiary/aromatic N) is 2. The second-order valence-electron chi connectivity index (χ2n) is 6.65. The number of carbonyl (C=O) groups is 2. The smallest absolute Gasteiger partial charge is 0.343 e. The molecule has 0 aliphatic heterocycles. The number of pyridine rings is 1. The summed E-state index contributed by atoms with van der Waals surface area (Å²) in [6.07, 6.45) is 1.05. The van der Waals surface area contributed by atoms with Gasteiger partial charge in [-0.15, -0.1) is 0 Å². The van der Waals surface area contributed by atoms with Gasteiger partial charge in [-0.1, -0.05) is 30.3 Å². The summed E-state index contributed by atoms with van der Waals surface area (Å²) in [5, 5.41) is 0.706. The summed E-state index contributed by atoms with van der Waals surface area (Å²) >= 11 is 0. The molecule has 0 aliphatic rings. The SMILES string of the molecule is CCOC(=O)c1cn(N(C)C(C)=O)c2c(OCc3ccccc3)c(F)c(F)cc2c1=O. The van der Waals surface area contributed by atoms with E-state index in [0.29, 0.717) is 11.6 Å². The highest BCUT2D eigenvalue weighted by Gasteiger charge is 2.26. The van der Waals surface area contributed by atoms with Crippen molar-refractivity contribution < 1.29 is 27.8 Å². The monoisotopic (exact) mass is 430 g/mol. The lowest BCUT2D eigenvalue weighted by molar-refractivity contribution is -0.117. The molecule has 0 saturated heterocycles. The third kappa shape index (κ3) is 4.25. The van der Waals surface area contributed by atoms with Crippen LogP contribution in [0.25, 0.3) is 10.9 Å². The van der Waals surface area contributed by atoms with Gasteiger partial charge in [-0.05, 0) is 18.6 Å². The Bertz CT molecular complexity index is 1210.